The van der Waals surface area contributed by atoms with Crippen molar-refractivity contribution in [1.29, 1.82) is 0 Å². The lowest BCUT2D eigenvalue weighted by molar-refractivity contribution is 0.456. The predicted molar refractivity (Wildman–Crippen MR) is 44.1 cm³/mol. The summed E-state index contributed by atoms with van der Waals surface area (Å²) >= 11 is 0. The fourth-order valence-corrected chi connectivity index (χ4v) is 1.00. The van der Waals surface area contributed by atoms with Gasteiger partial charge in [-0.2, -0.15) is 0 Å². The highest BCUT2D eigenvalue weighted by Crippen LogP contribution is 2.15. The molecule has 0 N–H and O–H groups in total. The number of hydrogen-bond donors (Lipinski definition) is 0. The molecule has 2 nitrogen and oxygen atoms in total. The minimum absolute atomic E-state index is 0.808. The average molecular weight is 145 g/mol. The van der Waals surface area contributed by atoms with Crippen molar-refractivity contribution in [3.8, 4) is 0 Å². The molecule has 0 amide bonds. The number of hydrogen-bond acceptors (Lipinski definition) is 2. The van der Waals surface area contributed by atoms with Gasteiger partial charge in [-0.05, 0) is 17.7 Å². The Hall–Kier alpha value is -1.57. The topological polar surface area (TPSA) is 26.0 Å². The van der Waals surface area contributed by atoms with Gasteiger partial charge in [-0.15, -0.1) is 0 Å². The summed E-state index contributed by atoms with van der Waals surface area (Å²) in [7, 11) is 0. The van der Waals surface area contributed by atoms with E-state index in [1.165, 1.54) is 0 Å². The molecule has 1 aromatic carbocycles. The normalized spacial score (nSPS) is 10.2. The number of benzene rings is 1. The molecule has 0 aliphatic heterocycles. The van der Waals surface area contributed by atoms with E-state index in [0.29, 0.717) is 0 Å². The van der Waals surface area contributed by atoms with E-state index >= 15 is 0 Å². The zero-order valence-corrected chi connectivity index (χ0v) is 5.95. The van der Waals surface area contributed by atoms with Crippen molar-refractivity contribution in [2.75, 3.05) is 0 Å². The highest BCUT2D eigenvalue weighted by Gasteiger charge is 1.96. The standard InChI is InChI=1S/C9H7NO/c1-2-7-3-4-8-6-10-11-9(8)5-7/h2-6H,1H2. The summed E-state index contributed by atoms with van der Waals surface area (Å²) in [5, 5.41) is 4.69. The fraction of sp³-hybridized carbons (Fsp3) is 0. The molecule has 0 aliphatic carbocycles. The lowest BCUT2D eigenvalue weighted by atomic mass is 10.2. The second-order valence-corrected chi connectivity index (χ2v) is 2.33. The first-order valence-electron chi connectivity index (χ1n) is 3.37. The molecule has 0 unspecified atom stereocenters. The largest absolute Gasteiger partial charge is 0.356 e. The molecule has 1 heterocycles. The smallest absolute Gasteiger partial charge is 0.167 e. The van der Waals surface area contributed by atoms with Crippen LogP contribution in [0.15, 0.2) is 35.5 Å². The van der Waals surface area contributed by atoms with E-state index in [9.17, 15) is 0 Å². The molecular weight excluding hydrogens is 138 g/mol. The minimum Gasteiger partial charge on any atom is -0.356 e. The molecular formula is C9H7NO. The van der Waals surface area contributed by atoms with Gasteiger partial charge in [-0.25, -0.2) is 0 Å². The average Bonchev–Trinajstić information content (AvgIpc) is 2.50. The third kappa shape index (κ3) is 0.923. The van der Waals surface area contributed by atoms with E-state index < -0.39 is 0 Å². The highest BCUT2D eigenvalue weighted by atomic mass is 16.5. The maximum atomic E-state index is 4.96. The van der Waals surface area contributed by atoms with Crippen LogP contribution in [0.2, 0.25) is 0 Å². The van der Waals surface area contributed by atoms with Gasteiger partial charge in [0.2, 0.25) is 0 Å². The van der Waals surface area contributed by atoms with Gasteiger partial charge in [0, 0.05) is 5.39 Å². The highest BCUT2D eigenvalue weighted by molar-refractivity contribution is 5.78. The molecule has 0 bridgehead atoms. The first kappa shape index (κ1) is 6.16. The second kappa shape index (κ2) is 2.23. The van der Waals surface area contributed by atoms with E-state index in [0.717, 1.165) is 16.5 Å². The molecule has 0 radical (unpaired) electrons. The van der Waals surface area contributed by atoms with Crippen molar-refractivity contribution in [2.45, 2.75) is 0 Å². The summed E-state index contributed by atoms with van der Waals surface area (Å²) in [5.74, 6) is 0. The number of rotatable bonds is 1. The summed E-state index contributed by atoms with van der Waals surface area (Å²) in [4.78, 5) is 0. The number of nitrogens with zero attached hydrogens (tertiary/aromatic N) is 1. The maximum Gasteiger partial charge on any atom is 0.167 e. The maximum absolute atomic E-state index is 4.96. The monoisotopic (exact) mass is 145 g/mol. The lowest BCUT2D eigenvalue weighted by Crippen LogP contribution is -1.68. The summed E-state index contributed by atoms with van der Waals surface area (Å²) in [6, 6.07) is 5.85. The van der Waals surface area contributed by atoms with Gasteiger partial charge in [0.15, 0.2) is 5.58 Å². The van der Waals surface area contributed by atoms with Gasteiger partial charge < -0.3 is 4.52 Å². The molecule has 1 aromatic heterocycles. The fourth-order valence-electron chi connectivity index (χ4n) is 1.00. The van der Waals surface area contributed by atoms with Crippen molar-refractivity contribution < 1.29 is 4.52 Å². The van der Waals surface area contributed by atoms with Crippen LogP contribution in [0.5, 0.6) is 0 Å². The molecule has 2 rings (SSSR count). The second-order valence-electron chi connectivity index (χ2n) is 2.33. The zero-order valence-electron chi connectivity index (χ0n) is 5.95. The van der Waals surface area contributed by atoms with Crippen molar-refractivity contribution >= 4 is 17.0 Å². The summed E-state index contributed by atoms with van der Waals surface area (Å²) in [6.45, 7) is 3.66. The van der Waals surface area contributed by atoms with Gasteiger partial charge in [-0.3, -0.25) is 0 Å². The zero-order chi connectivity index (χ0) is 7.68. The first-order chi connectivity index (χ1) is 5.40. The molecule has 0 spiro atoms. The molecule has 0 aliphatic rings. The van der Waals surface area contributed by atoms with Crippen LogP contribution in [0.1, 0.15) is 5.56 Å². The SMILES string of the molecule is C=Cc1ccc2cnoc2c1. The molecule has 2 heteroatoms. The van der Waals surface area contributed by atoms with Crippen LogP contribution in [-0.4, -0.2) is 5.16 Å². The Balaban J connectivity index is 2.76. The van der Waals surface area contributed by atoms with Crippen LogP contribution < -0.4 is 0 Å². The van der Waals surface area contributed by atoms with E-state index in [4.69, 9.17) is 4.52 Å². The Morgan fingerprint density at radius 2 is 2.36 bits per heavy atom. The molecule has 54 valence electrons. The summed E-state index contributed by atoms with van der Waals surface area (Å²) < 4.78 is 4.96. The molecule has 2 aromatic rings. The van der Waals surface area contributed by atoms with Gasteiger partial charge >= 0.3 is 0 Å². The van der Waals surface area contributed by atoms with Gasteiger partial charge in [-0.1, -0.05) is 23.9 Å². The van der Waals surface area contributed by atoms with Crippen LogP contribution in [0.25, 0.3) is 17.0 Å². The van der Waals surface area contributed by atoms with E-state index in [1.54, 1.807) is 12.3 Å². The Bertz CT molecular complexity index is 389. The number of fused-ring (bicyclic) bond motifs is 1. The third-order valence-corrected chi connectivity index (χ3v) is 1.62. The minimum atomic E-state index is 0.808. The number of aromatic nitrogens is 1. The quantitative estimate of drug-likeness (QED) is 0.616. The van der Waals surface area contributed by atoms with Crippen molar-refractivity contribution in [3.05, 3.63) is 36.5 Å². The molecule has 0 saturated heterocycles. The van der Waals surface area contributed by atoms with Gasteiger partial charge in [0.05, 0.1) is 6.20 Å². The Morgan fingerprint density at radius 3 is 3.18 bits per heavy atom. The van der Waals surface area contributed by atoms with Crippen LogP contribution in [0, 0.1) is 0 Å². The van der Waals surface area contributed by atoms with Gasteiger partial charge in [0.1, 0.15) is 0 Å². The Labute approximate surface area is 64.1 Å². The van der Waals surface area contributed by atoms with Gasteiger partial charge in [0.25, 0.3) is 0 Å². The lowest BCUT2D eigenvalue weighted by Gasteiger charge is -1.89. The molecule has 0 fully saturated rings. The van der Waals surface area contributed by atoms with Crippen molar-refractivity contribution in [2.24, 2.45) is 0 Å². The molecule has 11 heavy (non-hydrogen) atoms. The first-order valence-corrected chi connectivity index (χ1v) is 3.37. The molecule has 0 saturated carbocycles. The van der Waals surface area contributed by atoms with Crippen LogP contribution in [0.3, 0.4) is 0 Å². The van der Waals surface area contributed by atoms with Crippen molar-refractivity contribution in [3.63, 3.8) is 0 Å². The van der Waals surface area contributed by atoms with E-state index in [2.05, 4.69) is 11.7 Å². The third-order valence-electron chi connectivity index (χ3n) is 1.62. The summed E-state index contributed by atoms with van der Waals surface area (Å²) in [5.41, 5.74) is 1.86. The molecule has 0 atom stereocenters. The Kier molecular flexibility index (Phi) is 1.25. The van der Waals surface area contributed by atoms with Crippen LogP contribution in [-0.2, 0) is 0 Å². The predicted octanol–water partition coefficient (Wildman–Crippen LogP) is 2.47. The van der Waals surface area contributed by atoms with Crippen molar-refractivity contribution in [1.82, 2.24) is 5.16 Å². The van der Waals surface area contributed by atoms with Crippen LogP contribution >= 0.6 is 0 Å². The Morgan fingerprint density at radius 1 is 1.45 bits per heavy atom. The summed E-state index contributed by atoms with van der Waals surface area (Å²) in [6.07, 6.45) is 3.48. The van der Waals surface area contributed by atoms with E-state index in [-0.39, 0.29) is 0 Å². The van der Waals surface area contributed by atoms with E-state index in [1.807, 2.05) is 18.2 Å². The van der Waals surface area contributed by atoms with Crippen LogP contribution in [0.4, 0.5) is 0 Å².